The van der Waals surface area contributed by atoms with E-state index in [0.717, 1.165) is 45.4 Å². The van der Waals surface area contributed by atoms with E-state index >= 15 is 0 Å². The van der Waals surface area contributed by atoms with Crippen molar-refractivity contribution in [2.75, 3.05) is 0 Å². The van der Waals surface area contributed by atoms with Crippen molar-refractivity contribution in [3.63, 3.8) is 0 Å². The second-order valence-electron chi connectivity index (χ2n) is 7.41. The lowest BCUT2D eigenvalue weighted by Crippen LogP contribution is -2.18. The summed E-state index contributed by atoms with van der Waals surface area (Å²) in [6, 6.07) is 12.2. The summed E-state index contributed by atoms with van der Waals surface area (Å²) in [5.74, 6) is 1.90. The second-order valence-corrected chi connectivity index (χ2v) is 7.41. The third-order valence-corrected chi connectivity index (χ3v) is 5.02. The van der Waals surface area contributed by atoms with Crippen molar-refractivity contribution in [3.05, 3.63) is 66.6 Å². The number of hydrogen-bond donors (Lipinski definition) is 4. The molecule has 7 nitrogen and oxygen atoms in total. The number of nitrogens with two attached hydrogens (primary N) is 2. The van der Waals surface area contributed by atoms with Crippen LogP contribution in [0.3, 0.4) is 0 Å². The van der Waals surface area contributed by atoms with Crippen LogP contribution in [0.25, 0.3) is 33.8 Å². The SMILES string of the molecule is CC(C)C(N)c1ncc(-c2ccc(-c3ccc(-c4cnc(CN)[nH]4)cn3)cc2)[nH]1. The molecule has 1 unspecified atom stereocenters. The number of aromatic nitrogens is 5. The molecule has 4 aromatic rings. The predicted octanol–water partition coefficient (Wildman–Crippen LogP) is 3.64. The van der Waals surface area contributed by atoms with Gasteiger partial charge in [0.1, 0.15) is 11.6 Å². The van der Waals surface area contributed by atoms with Crippen molar-refractivity contribution in [2.45, 2.75) is 26.4 Å². The normalized spacial score (nSPS) is 12.4. The van der Waals surface area contributed by atoms with Gasteiger partial charge in [0.25, 0.3) is 0 Å². The van der Waals surface area contributed by atoms with Gasteiger partial charge in [-0.1, -0.05) is 38.1 Å². The van der Waals surface area contributed by atoms with Gasteiger partial charge in [0, 0.05) is 17.3 Å². The van der Waals surface area contributed by atoms with E-state index in [2.05, 4.69) is 63.0 Å². The number of rotatable bonds is 6. The minimum absolute atomic E-state index is 0.0958. The van der Waals surface area contributed by atoms with E-state index in [1.807, 2.05) is 24.5 Å². The van der Waals surface area contributed by atoms with Crippen LogP contribution >= 0.6 is 0 Å². The largest absolute Gasteiger partial charge is 0.341 e. The molecule has 4 rings (SSSR count). The van der Waals surface area contributed by atoms with Gasteiger partial charge in [-0.15, -0.1) is 0 Å². The third-order valence-electron chi connectivity index (χ3n) is 5.02. The maximum Gasteiger partial charge on any atom is 0.123 e. The van der Waals surface area contributed by atoms with E-state index in [0.29, 0.717) is 12.5 Å². The highest BCUT2D eigenvalue weighted by Gasteiger charge is 2.14. The van der Waals surface area contributed by atoms with Gasteiger partial charge in [-0.25, -0.2) is 9.97 Å². The first-order valence-electron chi connectivity index (χ1n) is 9.67. The van der Waals surface area contributed by atoms with E-state index in [1.54, 1.807) is 6.20 Å². The standard InChI is InChI=1S/C22H25N7/c1-13(2)21(24)22-27-12-18(29-22)15-5-3-14(4-6-15)17-8-7-16(10-25-17)19-11-26-20(9-23)28-19/h3-8,10-13,21H,9,23-24H2,1-2H3,(H,26,28)(H,27,29). The average Bonchev–Trinajstić information content (AvgIpc) is 3.43. The van der Waals surface area contributed by atoms with Crippen molar-refractivity contribution in [1.82, 2.24) is 24.9 Å². The molecule has 7 heteroatoms. The maximum absolute atomic E-state index is 6.18. The van der Waals surface area contributed by atoms with Gasteiger partial charge in [0.2, 0.25) is 0 Å². The molecule has 148 valence electrons. The average molecular weight is 387 g/mol. The molecule has 0 bridgehead atoms. The number of nitrogens with one attached hydrogen (secondary N) is 2. The van der Waals surface area contributed by atoms with Crippen molar-refractivity contribution in [3.8, 4) is 33.8 Å². The summed E-state index contributed by atoms with van der Waals surface area (Å²) >= 11 is 0. The van der Waals surface area contributed by atoms with Gasteiger partial charge in [0.05, 0.1) is 42.1 Å². The van der Waals surface area contributed by atoms with E-state index in [1.165, 1.54) is 0 Å². The van der Waals surface area contributed by atoms with Gasteiger partial charge in [-0.2, -0.15) is 0 Å². The minimum atomic E-state index is -0.0958. The zero-order chi connectivity index (χ0) is 20.4. The molecule has 0 aliphatic carbocycles. The first-order chi connectivity index (χ1) is 14.0. The van der Waals surface area contributed by atoms with E-state index < -0.39 is 0 Å². The summed E-state index contributed by atoms with van der Waals surface area (Å²) in [7, 11) is 0. The number of aromatic amines is 2. The fourth-order valence-electron chi connectivity index (χ4n) is 3.13. The van der Waals surface area contributed by atoms with Gasteiger partial charge in [0.15, 0.2) is 0 Å². The molecule has 0 saturated heterocycles. The highest BCUT2D eigenvalue weighted by molar-refractivity contribution is 5.68. The lowest BCUT2D eigenvalue weighted by molar-refractivity contribution is 0.494. The Morgan fingerprint density at radius 3 is 2.07 bits per heavy atom. The molecule has 1 atom stereocenters. The monoisotopic (exact) mass is 387 g/mol. The van der Waals surface area contributed by atoms with Gasteiger partial charge < -0.3 is 21.4 Å². The van der Waals surface area contributed by atoms with Crippen LogP contribution in [0.2, 0.25) is 0 Å². The number of H-pyrrole nitrogens is 2. The topological polar surface area (TPSA) is 122 Å². The first kappa shape index (κ1) is 19.0. The van der Waals surface area contributed by atoms with Crippen molar-refractivity contribution in [2.24, 2.45) is 17.4 Å². The van der Waals surface area contributed by atoms with Crippen LogP contribution in [0.1, 0.15) is 31.5 Å². The predicted molar refractivity (Wildman–Crippen MR) is 114 cm³/mol. The maximum atomic E-state index is 6.18. The fourth-order valence-corrected chi connectivity index (χ4v) is 3.13. The Bertz CT molecular complexity index is 1080. The van der Waals surface area contributed by atoms with Crippen molar-refractivity contribution in [1.29, 1.82) is 0 Å². The Hall–Kier alpha value is -3.29. The summed E-state index contributed by atoms with van der Waals surface area (Å²) in [5.41, 5.74) is 17.6. The first-order valence-corrected chi connectivity index (χ1v) is 9.67. The molecule has 3 aromatic heterocycles. The Balaban J connectivity index is 1.52. The molecular formula is C22H25N7. The summed E-state index contributed by atoms with van der Waals surface area (Å²) in [5, 5.41) is 0. The lowest BCUT2D eigenvalue weighted by atomic mass is 10.1. The highest BCUT2D eigenvalue weighted by Crippen LogP contribution is 2.26. The van der Waals surface area contributed by atoms with Crippen LogP contribution in [0.15, 0.2) is 55.0 Å². The number of benzene rings is 1. The van der Waals surface area contributed by atoms with Gasteiger partial charge in [-0.3, -0.25) is 4.98 Å². The van der Waals surface area contributed by atoms with E-state index in [4.69, 9.17) is 11.5 Å². The zero-order valence-corrected chi connectivity index (χ0v) is 16.6. The number of pyridine rings is 1. The molecule has 6 N–H and O–H groups in total. The summed E-state index contributed by atoms with van der Waals surface area (Å²) in [6.45, 7) is 4.56. The number of imidazole rings is 2. The Labute approximate surface area is 169 Å². The molecule has 0 aliphatic rings. The van der Waals surface area contributed by atoms with Crippen LogP contribution < -0.4 is 11.5 Å². The molecule has 0 saturated carbocycles. The summed E-state index contributed by atoms with van der Waals surface area (Å²) < 4.78 is 0. The zero-order valence-electron chi connectivity index (χ0n) is 16.6. The van der Waals surface area contributed by atoms with Crippen LogP contribution in [0, 0.1) is 5.92 Å². The quantitative estimate of drug-likeness (QED) is 0.402. The van der Waals surface area contributed by atoms with E-state index in [9.17, 15) is 0 Å². The van der Waals surface area contributed by atoms with Crippen molar-refractivity contribution >= 4 is 0 Å². The van der Waals surface area contributed by atoms with Crippen LogP contribution in [-0.4, -0.2) is 24.9 Å². The molecule has 1 aromatic carbocycles. The lowest BCUT2D eigenvalue weighted by Gasteiger charge is -2.12. The molecule has 0 spiro atoms. The Morgan fingerprint density at radius 1 is 0.793 bits per heavy atom. The molecule has 0 amide bonds. The number of hydrogen-bond acceptors (Lipinski definition) is 5. The molecule has 3 heterocycles. The summed E-state index contributed by atoms with van der Waals surface area (Å²) in [6.07, 6.45) is 5.45. The summed E-state index contributed by atoms with van der Waals surface area (Å²) in [4.78, 5) is 19.8. The molecule has 0 fully saturated rings. The smallest absolute Gasteiger partial charge is 0.123 e. The molecular weight excluding hydrogens is 362 g/mol. The van der Waals surface area contributed by atoms with Gasteiger partial charge in [-0.05, 0) is 23.6 Å². The molecule has 29 heavy (non-hydrogen) atoms. The number of nitrogens with zero attached hydrogens (tertiary/aromatic N) is 3. The van der Waals surface area contributed by atoms with Crippen LogP contribution in [0.4, 0.5) is 0 Å². The van der Waals surface area contributed by atoms with Crippen LogP contribution in [0.5, 0.6) is 0 Å². The van der Waals surface area contributed by atoms with Gasteiger partial charge >= 0.3 is 0 Å². The second kappa shape index (κ2) is 7.98. The Kier molecular flexibility index (Phi) is 5.24. The highest BCUT2D eigenvalue weighted by atomic mass is 15.0. The molecule has 0 aliphatic heterocycles. The Morgan fingerprint density at radius 2 is 1.45 bits per heavy atom. The van der Waals surface area contributed by atoms with Crippen LogP contribution in [-0.2, 0) is 6.54 Å². The fraction of sp³-hybridized carbons (Fsp3) is 0.227. The third kappa shape index (κ3) is 3.96. The molecule has 0 radical (unpaired) electrons. The minimum Gasteiger partial charge on any atom is -0.341 e. The van der Waals surface area contributed by atoms with Crippen molar-refractivity contribution < 1.29 is 0 Å². The van der Waals surface area contributed by atoms with E-state index in [-0.39, 0.29) is 6.04 Å².